The molecule has 1 heterocycles. The molecule has 0 spiro atoms. The highest BCUT2D eigenvalue weighted by Crippen LogP contribution is 2.33. The second-order valence-corrected chi connectivity index (χ2v) is 6.04. The average molecular weight is 342 g/mol. The SMILES string of the molecule is CCOC(=O)C(O)c1ccc(C2CCN(C)C2)c(Br)c1. The van der Waals surface area contributed by atoms with E-state index in [2.05, 4.69) is 27.9 Å². The van der Waals surface area contributed by atoms with Crippen LogP contribution in [0.25, 0.3) is 0 Å². The first-order chi connectivity index (χ1) is 9.52. The fraction of sp³-hybridized carbons (Fsp3) is 0.533. The molecule has 0 bridgehead atoms. The van der Waals surface area contributed by atoms with E-state index >= 15 is 0 Å². The number of carbonyl (C=O) groups is 1. The molecule has 5 heteroatoms. The number of hydrogen-bond donors (Lipinski definition) is 1. The van der Waals surface area contributed by atoms with E-state index in [4.69, 9.17) is 4.74 Å². The third kappa shape index (κ3) is 3.40. The summed E-state index contributed by atoms with van der Waals surface area (Å²) in [6.07, 6.45) is -0.0823. The van der Waals surface area contributed by atoms with Gasteiger partial charge in [0.2, 0.25) is 0 Å². The smallest absolute Gasteiger partial charge is 0.339 e. The zero-order valence-corrected chi connectivity index (χ0v) is 13.4. The van der Waals surface area contributed by atoms with Crippen molar-refractivity contribution in [2.24, 2.45) is 0 Å². The van der Waals surface area contributed by atoms with Gasteiger partial charge in [-0.2, -0.15) is 0 Å². The van der Waals surface area contributed by atoms with Gasteiger partial charge in [0.25, 0.3) is 0 Å². The lowest BCUT2D eigenvalue weighted by molar-refractivity contribution is -0.153. The molecule has 1 aliphatic heterocycles. The van der Waals surface area contributed by atoms with Crippen molar-refractivity contribution in [3.63, 3.8) is 0 Å². The monoisotopic (exact) mass is 341 g/mol. The summed E-state index contributed by atoms with van der Waals surface area (Å²) < 4.78 is 5.77. The first-order valence-corrected chi connectivity index (χ1v) is 7.64. The molecule has 2 atom stereocenters. The summed E-state index contributed by atoms with van der Waals surface area (Å²) in [5, 5.41) is 9.94. The molecule has 1 aliphatic rings. The summed E-state index contributed by atoms with van der Waals surface area (Å²) in [6, 6.07) is 5.61. The standard InChI is InChI=1S/C15H20BrNO3/c1-3-20-15(19)14(18)10-4-5-12(13(16)8-10)11-6-7-17(2)9-11/h4-5,8,11,14,18H,3,6-7,9H2,1-2H3. The van der Waals surface area contributed by atoms with Crippen LogP contribution in [0.5, 0.6) is 0 Å². The van der Waals surface area contributed by atoms with Crippen LogP contribution >= 0.6 is 15.9 Å². The van der Waals surface area contributed by atoms with E-state index in [1.807, 2.05) is 12.1 Å². The van der Waals surface area contributed by atoms with Crippen LogP contribution in [0.1, 0.15) is 36.5 Å². The molecule has 110 valence electrons. The van der Waals surface area contributed by atoms with Crippen LogP contribution < -0.4 is 0 Å². The largest absolute Gasteiger partial charge is 0.464 e. The number of benzene rings is 1. The molecule has 1 saturated heterocycles. The third-order valence-corrected chi connectivity index (χ3v) is 4.37. The number of nitrogens with zero attached hydrogens (tertiary/aromatic N) is 1. The van der Waals surface area contributed by atoms with Gasteiger partial charge in [-0.25, -0.2) is 4.79 Å². The van der Waals surface area contributed by atoms with Gasteiger partial charge in [0, 0.05) is 11.0 Å². The summed E-state index contributed by atoms with van der Waals surface area (Å²) in [7, 11) is 2.12. The van der Waals surface area contributed by atoms with E-state index in [1.165, 1.54) is 5.56 Å². The number of ether oxygens (including phenoxy) is 1. The summed E-state index contributed by atoms with van der Waals surface area (Å²) in [5.74, 6) is -0.101. The Balaban J connectivity index is 2.15. The molecule has 1 aromatic carbocycles. The Morgan fingerprint density at radius 2 is 2.35 bits per heavy atom. The molecule has 0 saturated carbocycles. The van der Waals surface area contributed by atoms with Gasteiger partial charge in [-0.3, -0.25) is 0 Å². The van der Waals surface area contributed by atoms with Crippen LogP contribution in [0.2, 0.25) is 0 Å². The van der Waals surface area contributed by atoms with Gasteiger partial charge in [-0.05, 0) is 50.0 Å². The van der Waals surface area contributed by atoms with Crippen molar-refractivity contribution in [1.29, 1.82) is 0 Å². The van der Waals surface area contributed by atoms with Crippen LogP contribution in [0, 0.1) is 0 Å². The van der Waals surface area contributed by atoms with Gasteiger partial charge >= 0.3 is 5.97 Å². The van der Waals surface area contributed by atoms with E-state index in [9.17, 15) is 9.90 Å². The second kappa shape index (κ2) is 6.70. The van der Waals surface area contributed by atoms with E-state index in [0.717, 1.165) is 24.0 Å². The van der Waals surface area contributed by atoms with Crippen molar-refractivity contribution >= 4 is 21.9 Å². The molecule has 1 N–H and O–H groups in total. The van der Waals surface area contributed by atoms with Gasteiger partial charge in [0.1, 0.15) is 0 Å². The Labute approximate surface area is 127 Å². The van der Waals surface area contributed by atoms with Crippen molar-refractivity contribution < 1.29 is 14.6 Å². The van der Waals surface area contributed by atoms with E-state index in [-0.39, 0.29) is 6.61 Å². The number of halogens is 1. The van der Waals surface area contributed by atoms with Gasteiger partial charge in [-0.15, -0.1) is 0 Å². The molecule has 0 aromatic heterocycles. The van der Waals surface area contributed by atoms with Crippen LogP contribution in [0.4, 0.5) is 0 Å². The Morgan fingerprint density at radius 3 is 2.90 bits per heavy atom. The Kier molecular flexibility index (Phi) is 5.18. The van der Waals surface area contributed by atoms with Crippen molar-refractivity contribution in [3.05, 3.63) is 33.8 Å². The number of rotatable bonds is 4. The maximum atomic E-state index is 11.5. The zero-order valence-electron chi connectivity index (χ0n) is 11.8. The highest BCUT2D eigenvalue weighted by atomic mass is 79.9. The first kappa shape index (κ1) is 15.5. The second-order valence-electron chi connectivity index (χ2n) is 5.18. The lowest BCUT2D eigenvalue weighted by Gasteiger charge is -2.16. The van der Waals surface area contributed by atoms with Crippen molar-refractivity contribution in [1.82, 2.24) is 4.90 Å². The molecule has 0 aliphatic carbocycles. The Hall–Kier alpha value is -0.910. The minimum Gasteiger partial charge on any atom is -0.464 e. The molecule has 0 radical (unpaired) electrons. The van der Waals surface area contributed by atoms with Crippen LogP contribution in [0.3, 0.4) is 0 Å². The fourth-order valence-electron chi connectivity index (χ4n) is 2.59. The Morgan fingerprint density at radius 1 is 1.60 bits per heavy atom. The molecule has 0 amide bonds. The molecule has 1 fully saturated rings. The number of likely N-dealkylation sites (tertiary alicyclic amines) is 1. The highest BCUT2D eigenvalue weighted by molar-refractivity contribution is 9.10. The van der Waals surface area contributed by atoms with Crippen molar-refractivity contribution in [3.8, 4) is 0 Å². The summed E-state index contributed by atoms with van der Waals surface area (Å²) >= 11 is 3.55. The molecular formula is C15H20BrNO3. The van der Waals surface area contributed by atoms with Gasteiger partial charge in [0.05, 0.1) is 6.61 Å². The number of aliphatic hydroxyl groups excluding tert-OH is 1. The van der Waals surface area contributed by atoms with Crippen molar-refractivity contribution in [2.45, 2.75) is 25.4 Å². The van der Waals surface area contributed by atoms with Crippen LogP contribution in [-0.2, 0) is 9.53 Å². The normalized spacial score (nSPS) is 20.9. The first-order valence-electron chi connectivity index (χ1n) is 6.85. The predicted octanol–water partition coefficient (Wildman–Crippen LogP) is 2.46. The molecular weight excluding hydrogens is 322 g/mol. The van der Waals surface area contributed by atoms with E-state index in [1.54, 1.807) is 13.0 Å². The Bertz CT molecular complexity index is 492. The average Bonchev–Trinajstić information content (AvgIpc) is 2.84. The minimum absolute atomic E-state index is 0.267. The molecule has 2 unspecified atom stereocenters. The maximum Gasteiger partial charge on any atom is 0.339 e. The topological polar surface area (TPSA) is 49.8 Å². The highest BCUT2D eigenvalue weighted by Gasteiger charge is 2.24. The minimum atomic E-state index is -1.22. The molecule has 2 rings (SSSR count). The predicted molar refractivity (Wildman–Crippen MR) is 80.6 cm³/mol. The quantitative estimate of drug-likeness (QED) is 0.854. The summed E-state index contributed by atoms with van der Waals surface area (Å²) in [4.78, 5) is 13.8. The fourth-order valence-corrected chi connectivity index (χ4v) is 3.31. The molecule has 1 aromatic rings. The number of esters is 1. The lowest BCUT2D eigenvalue weighted by atomic mass is 9.96. The lowest BCUT2D eigenvalue weighted by Crippen LogP contribution is -2.16. The van der Waals surface area contributed by atoms with Crippen LogP contribution in [-0.4, -0.2) is 42.7 Å². The van der Waals surface area contributed by atoms with Gasteiger partial charge in [0.15, 0.2) is 6.10 Å². The van der Waals surface area contributed by atoms with Crippen LogP contribution in [0.15, 0.2) is 22.7 Å². The van der Waals surface area contributed by atoms with E-state index < -0.39 is 12.1 Å². The summed E-state index contributed by atoms with van der Waals surface area (Å²) in [6.45, 7) is 4.13. The summed E-state index contributed by atoms with van der Waals surface area (Å²) in [5.41, 5.74) is 1.79. The number of likely N-dealkylation sites (N-methyl/N-ethyl adjacent to an activating group) is 1. The van der Waals surface area contributed by atoms with E-state index in [0.29, 0.717) is 11.5 Å². The number of aliphatic hydroxyl groups is 1. The number of carbonyl (C=O) groups excluding carboxylic acids is 1. The number of hydrogen-bond acceptors (Lipinski definition) is 4. The third-order valence-electron chi connectivity index (χ3n) is 3.68. The molecule has 20 heavy (non-hydrogen) atoms. The maximum absolute atomic E-state index is 11.5. The van der Waals surface area contributed by atoms with Crippen molar-refractivity contribution in [2.75, 3.05) is 26.7 Å². The van der Waals surface area contributed by atoms with Gasteiger partial charge in [-0.1, -0.05) is 28.1 Å². The van der Waals surface area contributed by atoms with Gasteiger partial charge < -0.3 is 14.7 Å². The molecule has 4 nitrogen and oxygen atoms in total. The zero-order chi connectivity index (χ0) is 14.7.